The Kier molecular flexibility index (Phi) is 7.47. The number of rotatable bonds is 6. The third kappa shape index (κ3) is 5.36. The molecule has 1 spiro atoms. The number of amides is 3. The maximum atomic E-state index is 13.6. The molecule has 2 saturated heterocycles. The van der Waals surface area contributed by atoms with E-state index in [0.717, 1.165) is 0 Å². The van der Waals surface area contributed by atoms with Crippen molar-refractivity contribution in [1.82, 2.24) is 20.0 Å². The van der Waals surface area contributed by atoms with Gasteiger partial charge in [0, 0.05) is 50.1 Å². The number of nitrogens with zero attached hydrogens (tertiary/aromatic N) is 3. The average Bonchev–Trinajstić information content (AvgIpc) is 3.23. The van der Waals surface area contributed by atoms with Crippen LogP contribution in [0.2, 0.25) is 0 Å². The second-order valence-electron chi connectivity index (χ2n) is 9.21. The molecule has 2 aliphatic heterocycles. The molecule has 2 aromatic carbocycles. The number of benzene rings is 2. The fourth-order valence-corrected chi connectivity index (χ4v) is 4.64. The minimum Gasteiger partial charge on any atom is -0.353 e. The van der Waals surface area contributed by atoms with Gasteiger partial charge in [-0.2, -0.15) is 0 Å². The third-order valence-electron chi connectivity index (χ3n) is 6.58. The number of likely N-dealkylation sites (tertiary alicyclic amines) is 1. The van der Waals surface area contributed by atoms with Gasteiger partial charge >= 0.3 is 0 Å². The molecule has 35 heavy (non-hydrogen) atoms. The summed E-state index contributed by atoms with van der Waals surface area (Å²) >= 11 is 0. The summed E-state index contributed by atoms with van der Waals surface area (Å²) in [5.41, 5.74) is -0.0888. The molecular formula is C26H31FN4O4. The first kappa shape index (κ1) is 24.8. The Morgan fingerprint density at radius 2 is 1.63 bits per heavy atom. The van der Waals surface area contributed by atoms with Crippen LogP contribution in [-0.4, -0.2) is 91.1 Å². The first-order chi connectivity index (χ1) is 16.8. The predicted molar refractivity (Wildman–Crippen MR) is 128 cm³/mol. The normalized spacial score (nSPS) is 19.3. The molecule has 8 nitrogen and oxygen atoms in total. The van der Waals surface area contributed by atoms with Gasteiger partial charge in [0.05, 0.1) is 6.61 Å². The fraction of sp³-hybridized carbons (Fsp3) is 0.423. The molecule has 0 aliphatic carbocycles. The van der Waals surface area contributed by atoms with Crippen LogP contribution in [0.3, 0.4) is 0 Å². The van der Waals surface area contributed by atoms with Crippen molar-refractivity contribution in [3.05, 3.63) is 71.5 Å². The molecule has 186 valence electrons. The van der Waals surface area contributed by atoms with E-state index < -0.39 is 17.6 Å². The number of ether oxygens (including phenoxy) is 1. The van der Waals surface area contributed by atoms with Crippen molar-refractivity contribution in [2.75, 3.05) is 46.9 Å². The lowest BCUT2D eigenvalue weighted by atomic mass is 9.96. The Balaban J connectivity index is 1.52. The van der Waals surface area contributed by atoms with Crippen LogP contribution in [0.1, 0.15) is 33.6 Å². The van der Waals surface area contributed by atoms with Crippen LogP contribution in [0.25, 0.3) is 0 Å². The predicted octanol–water partition coefficient (Wildman–Crippen LogP) is 1.98. The number of hydrogen-bond acceptors (Lipinski definition) is 5. The Morgan fingerprint density at radius 3 is 2.26 bits per heavy atom. The number of carbonyl (C=O) groups excluding carboxylic acids is 3. The summed E-state index contributed by atoms with van der Waals surface area (Å²) in [5.74, 6) is -1.12. The average molecular weight is 483 g/mol. The number of hydrogen-bond donors (Lipinski definition) is 1. The number of nitrogens with one attached hydrogen (secondary N) is 1. The Labute approximate surface area is 204 Å². The van der Waals surface area contributed by atoms with Crippen LogP contribution in [-0.2, 0) is 9.53 Å². The zero-order valence-corrected chi connectivity index (χ0v) is 20.1. The zero-order valence-electron chi connectivity index (χ0n) is 20.1. The highest BCUT2D eigenvalue weighted by atomic mass is 19.1. The van der Waals surface area contributed by atoms with Crippen molar-refractivity contribution >= 4 is 17.7 Å². The second kappa shape index (κ2) is 10.5. The van der Waals surface area contributed by atoms with Gasteiger partial charge in [-0.05, 0) is 50.5 Å². The number of carbonyl (C=O) groups is 3. The Bertz CT molecular complexity index is 1050. The lowest BCUT2D eigenvalue weighted by molar-refractivity contribution is -0.128. The van der Waals surface area contributed by atoms with Gasteiger partial charge in [-0.15, -0.1) is 0 Å². The molecule has 2 heterocycles. The smallest absolute Gasteiger partial charge is 0.256 e. The summed E-state index contributed by atoms with van der Waals surface area (Å²) in [5, 5.41) is 2.92. The molecule has 1 atom stereocenters. The molecule has 2 fully saturated rings. The van der Waals surface area contributed by atoms with Crippen molar-refractivity contribution in [1.29, 1.82) is 0 Å². The summed E-state index contributed by atoms with van der Waals surface area (Å²) in [4.78, 5) is 44.8. The number of halogens is 1. The summed E-state index contributed by atoms with van der Waals surface area (Å²) in [6, 6.07) is 13.5. The zero-order chi connectivity index (χ0) is 25.0. The minimum absolute atomic E-state index is 0.0955. The maximum Gasteiger partial charge on any atom is 0.256 e. The van der Waals surface area contributed by atoms with Crippen LogP contribution in [0.4, 0.5) is 4.39 Å². The Morgan fingerprint density at radius 1 is 1.00 bits per heavy atom. The van der Waals surface area contributed by atoms with E-state index in [1.807, 2.05) is 25.1 Å². The minimum atomic E-state index is -0.976. The van der Waals surface area contributed by atoms with Crippen molar-refractivity contribution < 1.29 is 23.5 Å². The van der Waals surface area contributed by atoms with E-state index in [4.69, 9.17) is 4.74 Å². The molecule has 0 saturated carbocycles. The molecule has 0 aromatic heterocycles. The number of piperidine rings is 1. The van der Waals surface area contributed by atoms with E-state index >= 15 is 0 Å². The second-order valence-corrected chi connectivity index (χ2v) is 9.21. The van der Waals surface area contributed by atoms with E-state index in [9.17, 15) is 18.8 Å². The van der Waals surface area contributed by atoms with Gasteiger partial charge in [0.1, 0.15) is 17.6 Å². The van der Waals surface area contributed by atoms with Gasteiger partial charge in [-0.1, -0.05) is 18.2 Å². The molecule has 3 amide bonds. The molecule has 0 bridgehead atoms. The van der Waals surface area contributed by atoms with Gasteiger partial charge in [0.15, 0.2) is 0 Å². The SMILES string of the molecule is CN(C)CCNC(=O)[C@@H]1COC2(CCN(C(=O)c3ccc(F)cc3)CC2)N1C(=O)c1ccccc1. The van der Waals surface area contributed by atoms with E-state index in [1.165, 1.54) is 24.3 Å². The molecule has 0 radical (unpaired) electrons. The highest BCUT2D eigenvalue weighted by molar-refractivity contribution is 5.98. The van der Waals surface area contributed by atoms with Crippen molar-refractivity contribution in [2.45, 2.75) is 24.6 Å². The molecule has 1 N–H and O–H groups in total. The van der Waals surface area contributed by atoms with Gasteiger partial charge in [-0.25, -0.2) is 4.39 Å². The van der Waals surface area contributed by atoms with Gasteiger partial charge in [0.2, 0.25) is 5.91 Å². The highest BCUT2D eigenvalue weighted by Crippen LogP contribution is 2.38. The van der Waals surface area contributed by atoms with Crippen LogP contribution in [0.5, 0.6) is 0 Å². The molecule has 9 heteroatoms. The largest absolute Gasteiger partial charge is 0.353 e. The lowest BCUT2D eigenvalue weighted by Gasteiger charge is -2.44. The van der Waals surface area contributed by atoms with E-state index in [0.29, 0.717) is 50.1 Å². The van der Waals surface area contributed by atoms with Crippen molar-refractivity contribution in [3.63, 3.8) is 0 Å². The topological polar surface area (TPSA) is 82.2 Å². The van der Waals surface area contributed by atoms with E-state index in [-0.39, 0.29) is 24.3 Å². The first-order valence-electron chi connectivity index (χ1n) is 11.8. The Hall–Kier alpha value is -3.30. The van der Waals surface area contributed by atoms with Crippen LogP contribution < -0.4 is 5.32 Å². The third-order valence-corrected chi connectivity index (χ3v) is 6.58. The highest BCUT2D eigenvalue weighted by Gasteiger charge is 2.54. The summed E-state index contributed by atoms with van der Waals surface area (Å²) in [7, 11) is 3.85. The van der Waals surface area contributed by atoms with Gasteiger partial charge in [0.25, 0.3) is 11.8 Å². The molecule has 2 aliphatic rings. The summed E-state index contributed by atoms with van der Waals surface area (Å²) in [6.07, 6.45) is 0.750. The fourth-order valence-electron chi connectivity index (χ4n) is 4.64. The van der Waals surface area contributed by atoms with Gasteiger partial charge in [-0.3, -0.25) is 19.3 Å². The van der Waals surface area contributed by atoms with Crippen LogP contribution in [0.15, 0.2) is 54.6 Å². The monoisotopic (exact) mass is 482 g/mol. The maximum absolute atomic E-state index is 13.6. The van der Waals surface area contributed by atoms with E-state index in [1.54, 1.807) is 34.1 Å². The van der Waals surface area contributed by atoms with E-state index in [2.05, 4.69) is 5.32 Å². The number of likely N-dealkylation sites (N-methyl/N-ethyl adjacent to an activating group) is 1. The molecule has 4 rings (SSSR count). The molecular weight excluding hydrogens is 451 g/mol. The van der Waals surface area contributed by atoms with Crippen molar-refractivity contribution in [3.8, 4) is 0 Å². The van der Waals surface area contributed by atoms with Crippen LogP contribution >= 0.6 is 0 Å². The lowest BCUT2D eigenvalue weighted by Crippen LogP contribution is -2.60. The first-order valence-corrected chi connectivity index (χ1v) is 11.8. The van der Waals surface area contributed by atoms with Crippen molar-refractivity contribution in [2.24, 2.45) is 0 Å². The van der Waals surface area contributed by atoms with Crippen LogP contribution in [0, 0.1) is 5.82 Å². The quantitative estimate of drug-likeness (QED) is 0.681. The molecule has 0 unspecified atom stereocenters. The van der Waals surface area contributed by atoms with Gasteiger partial charge < -0.3 is 19.9 Å². The summed E-state index contributed by atoms with van der Waals surface area (Å²) in [6.45, 7) is 1.94. The standard InChI is InChI=1S/C26H31FN4O4/c1-29(2)17-14-28-23(32)22-18-35-26(31(22)25(34)19-6-4-3-5-7-19)12-15-30(16-13-26)24(33)20-8-10-21(27)11-9-20/h3-11,22H,12-18H2,1-2H3,(H,28,32)/t22-/m0/s1. The molecule has 2 aromatic rings. The summed E-state index contributed by atoms with van der Waals surface area (Å²) < 4.78 is 19.4.